The Bertz CT molecular complexity index is 955. The minimum Gasteiger partial charge on any atom is -0.396 e. The summed E-state index contributed by atoms with van der Waals surface area (Å²) in [6.45, 7) is 1.73. The third kappa shape index (κ3) is 4.63. The standard InChI is InChI=1S/C22H23NO3S/c1-17-12-14-20(15-13-17)27(25,26)23-22(19-10-6-3-7-11-19)21(16-24)18-8-4-2-5-9-18/h2-15,21-24H,16H2,1H3/t21-,22+/m0/s1. The summed E-state index contributed by atoms with van der Waals surface area (Å²) in [5.41, 5.74) is 2.67. The van der Waals surface area contributed by atoms with Crippen LogP contribution in [0.15, 0.2) is 89.8 Å². The molecule has 0 radical (unpaired) electrons. The van der Waals surface area contributed by atoms with E-state index in [-0.39, 0.29) is 11.5 Å². The van der Waals surface area contributed by atoms with E-state index in [0.717, 1.165) is 16.7 Å². The van der Waals surface area contributed by atoms with Gasteiger partial charge in [-0.1, -0.05) is 78.4 Å². The number of aliphatic hydroxyl groups is 1. The lowest BCUT2D eigenvalue weighted by atomic mass is 9.88. The van der Waals surface area contributed by atoms with Gasteiger partial charge in [0.2, 0.25) is 10.0 Å². The highest BCUT2D eigenvalue weighted by Crippen LogP contribution is 2.32. The molecule has 2 atom stereocenters. The first kappa shape index (κ1) is 19.3. The third-order valence-corrected chi connectivity index (χ3v) is 6.06. The van der Waals surface area contributed by atoms with Gasteiger partial charge in [-0.2, -0.15) is 0 Å². The number of benzene rings is 3. The van der Waals surface area contributed by atoms with Crippen molar-refractivity contribution in [2.75, 3.05) is 6.61 Å². The van der Waals surface area contributed by atoms with Crippen molar-refractivity contribution < 1.29 is 13.5 Å². The van der Waals surface area contributed by atoms with Gasteiger partial charge in [0.25, 0.3) is 0 Å². The monoisotopic (exact) mass is 381 g/mol. The molecule has 0 amide bonds. The number of rotatable bonds is 7. The first-order valence-corrected chi connectivity index (χ1v) is 10.3. The number of sulfonamides is 1. The zero-order valence-corrected chi connectivity index (χ0v) is 15.9. The average Bonchev–Trinajstić information content (AvgIpc) is 2.69. The molecule has 5 heteroatoms. The van der Waals surface area contributed by atoms with E-state index < -0.39 is 22.0 Å². The number of aliphatic hydroxyl groups excluding tert-OH is 1. The molecule has 140 valence electrons. The van der Waals surface area contributed by atoms with E-state index >= 15 is 0 Å². The summed E-state index contributed by atoms with van der Waals surface area (Å²) in [4.78, 5) is 0.207. The lowest BCUT2D eigenvalue weighted by Gasteiger charge is -2.27. The molecule has 0 aliphatic rings. The van der Waals surface area contributed by atoms with Crippen molar-refractivity contribution in [1.82, 2.24) is 4.72 Å². The van der Waals surface area contributed by atoms with Crippen LogP contribution in [0.4, 0.5) is 0 Å². The van der Waals surface area contributed by atoms with Gasteiger partial charge in [0, 0.05) is 5.92 Å². The van der Waals surface area contributed by atoms with Gasteiger partial charge in [0.1, 0.15) is 0 Å². The van der Waals surface area contributed by atoms with E-state index in [9.17, 15) is 13.5 Å². The summed E-state index contributed by atoms with van der Waals surface area (Å²) >= 11 is 0. The molecule has 0 unspecified atom stereocenters. The molecule has 3 rings (SSSR count). The Kier molecular flexibility index (Phi) is 6.06. The largest absolute Gasteiger partial charge is 0.396 e. The van der Waals surface area contributed by atoms with Crippen molar-refractivity contribution in [2.24, 2.45) is 0 Å². The Morgan fingerprint density at radius 3 is 1.85 bits per heavy atom. The average molecular weight is 381 g/mol. The molecule has 0 aliphatic heterocycles. The van der Waals surface area contributed by atoms with Gasteiger partial charge < -0.3 is 5.11 Å². The maximum absolute atomic E-state index is 13.0. The topological polar surface area (TPSA) is 66.4 Å². The smallest absolute Gasteiger partial charge is 0.241 e. The maximum Gasteiger partial charge on any atom is 0.241 e. The van der Waals surface area contributed by atoms with Gasteiger partial charge in [0.05, 0.1) is 17.5 Å². The normalized spacial score (nSPS) is 13.9. The number of hydrogen-bond donors (Lipinski definition) is 2. The van der Waals surface area contributed by atoms with Crippen LogP contribution in [0.1, 0.15) is 28.7 Å². The molecule has 0 heterocycles. The molecule has 3 aromatic carbocycles. The predicted molar refractivity (Wildman–Crippen MR) is 107 cm³/mol. The van der Waals surface area contributed by atoms with Crippen LogP contribution in [0.25, 0.3) is 0 Å². The van der Waals surface area contributed by atoms with Crippen LogP contribution in [0.5, 0.6) is 0 Å². The minimum atomic E-state index is -3.75. The zero-order chi connectivity index (χ0) is 19.3. The van der Waals surface area contributed by atoms with Crippen LogP contribution in [0.3, 0.4) is 0 Å². The Labute approximate surface area is 160 Å². The van der Waals surface area contributed by atoms with Crippen LogP contribution in [-0.4, -0.2) is 20.1 Å². The van der Waals surface area contributed by atoms with Gasteiger partial charge in [-0.25, -0.2) is 13.1 Å². The maximum atomic E-state index is 13.0. The van der Waals surface area contributed by atoms with Gasteiger partial charge in [-0.15, -0.1) is 0 Å². The second-order valence-electron chi connectivity index (χ2n) is 6.52. The Morgan fingerprint density at radius 1 is 0.815 bits per heavy atom. The van der Waals surface area contributed by atoms with Gasteiger partial charge in [-0.05, 0) is 30.2 Å². The molecule has 2 N–H and O–H groups in total. The molecule has 0 saturated heterocycles. The van der Waals surface area contributed by atoms with Gasteiger partial charge in [-0.3, -0.25) is 0 Å². The molecule has 0 bridgehead atoms. The summed E-state index contributed by atoms with van der Waals surface area (Å²) in [5, 5.41) is 10.1. The van der Waals surface area contributed by atoms with E-state index in [4.69, 9.17) is 0 Å². The van der Waals surface area contributed by atoms with Crippen LogP contribution in [-0.2, 0) is 10.0 Å². The number of aryl methyl sites for hydroxylation is 1. The van der Waals surface area contributed by atoms with Crippen LogP contribution >= 0.6 is 0 Å². The second-order valence-corrected chi connectivity index (χ2v) is 8.24. The van der Waals surface area contributed by atoms with Crippen LogP contribution < -0.4 is 4.72 Å². The molecule has 3 aromatic rings. The van der Waals surface area contributed by atoms with Crippen molar-refractivity contribution >= 4 is 10.0 Å². The molecule has 4 nitrogen and oxygen atoms in total. The quantitative estimate of drug-likeness (QED) is 0.654. The second kappa shape index (κ2) is 8.48. The van der Waals surface area contributed by atoms with Crippen LogP contribution in [0, 0.1) is 6.92 Å². The van der Waals surface area contributed by atoms with E-state index in [2.05, 4.69) is 4.72 Å². The highest BCUT2D eigenvalue weighted by atomic mass is 32.2. The third-order valence-electron chi connectivity index (χ3n) is 4.60. The lowest BCUT2D eigenvalue weighted by molar-refractivity contribution is 0.244. The summed E-state index contributed by atoms with van der Waals surface area (Å²) < 4.78 is 28.8. The lowest BCUT2D eigenvalue weighted by Crippen LogP contribution is -2.34. The molecule has 27 heavy (non-hydrogen) atoms. The molecule has 0 spiro atoms. The molecular weight excluding hydrogens is 358 g/mol. The van der Waals surface area contributed by atoms with E-state index in [0.29, 0.717) is 0 Å². The van der Waals surface area contributed by atoms with E-state index in [1.54, 1.807) is 24.3 Å². The zero-order valence-electron chi connectivity index (χ0n) is 15.1. The highest BCUT2D eigenvalue weighted by Gasteiger charge is 2.29. The summed E-state index contributed by atoms with van der Waals surface area (Å²) in [6.07, 6.45) is 0. The predicted octanol–water partition coefficient (Wildman–Crippen LogP) is 3.79. The highest BCUT2D eigenvalue weighted by molar-refractivity contribution is 7.89. The first-order valence-electron chi connectivity index (χ1n) is 8.81. The fourth-order valence-electron chi connectivity index (χ4n) is 3.10. The fourth-order valence-corrected chi connectivity index (χ4v) is 4.36. The van der Waals surface area contributed by atoms with Crippen molar-refractivity contribution in [3.63, 3.8) is 0 Å². The molecule has 0 aromatic heterocycles. The number of nitrogens with one attached hydrogen (secondary N) is 1. The summed E-state index contributed by atoms with van der Waals surface area (Å²) in [7, 11) is -3.75. The molecule has 0 aliphatic carbocycles. The minimum absolute atomic E-state index is 0.181. The Hall–Kier alpha value is -2.47. The van der Waals surface area contributed by atoms with Crippen LogP contribution in [0.2, 0.25) is 0 Å². The Morgan fingerprint density at radius 2 is 1.33 bits per heavy atom. The van der Waals surface area contributed by atoms with Crippen molar-refractivity contribution in [3.05, 3.63) is 102 Å². The molecular formula is C22H23NO3S. The van der Waals surface area contributed by atoms with Crippen molar-refractivity contribution in [2.45, 2.75) is 23.8 Å². The van der Waals surface area contributed by atoms with Crippen molar-refractivity contribution in [3.8, 4) is 0 Å². The first-order chi connectivity index (χ1) is 13.0. The fraction of sp³-hybridized carbons (Fsp3) is 0.182. The summed E-state index contributed by atoms with van der Waals surface area (Å²) in [6, 6.07) is 24.9. The van der Waals surface area contributed by atoms with E-state index in [1.807, 2.05) is 67.6 Å². The molecule has 0 saturated carbocycles. The SMILES string of the molecule is Cc1ccc(S(=O)(=O)N[C@H](c2ccccc2)[C@@H](CO)c2ccccc2)cc1. The number of hydrogen-bond acceptors (Lipinski definition) is 3. The summed E-state index contributed by atoms with van der Waals surface area (Å²) in [5.74, 6) is -0.408. The van der Waals surface area contributed by atoms with E-state index in [1.165, 1.54) is 0 Å². The van der Waals surface area contributed by atoms with Gasteiger partial charge in [0.15, 0.2) is 0 Å². The Balaban J connectivity index is 2.01. The van der Waals surface area contributed by atoms with Crippen molar-refractivity contribution in [1.29, 1.82) is 0 Å². The molecule has 0 fully saturated rings. The van der Waals surface area contributed by atoms with Gasteiger partial charge >= 0.3 is 0 Å².